The molecule has 0 saturated heterocycles. The van der Waals surface area contributed by atoms with E-state index in [1.807, 2.05) is 35.5 Å². The first-order chi connectivity index (χ1) is 13.7. The van der Waals surface area contributed by atoms with Crippen LogP contribution in [0.4, 0.5) is 0 Å². The van der Waals surface area contributed by atoms with Gasteiger partial charge in [-0.1, -0.05) is 30.3 Å². The molecule has 2 aliphatic rings. The molecule has 1 unspecified atom stereocenters. The Labute approximate surface area is 170 Å². The van der Waals surface area contributed by atoms with E-state index in [9.17, 15) is 4.79 Å². The Morgan fingerprint density at radius 3 is 3.04 bits per heavy atom. The minimum atomic E-state index is -0.609. The number of carbonyl (C=O) groups is 1. The van der Waals surface area contributed by atoms with E-state index in [4.69, 9.17) is 9.47 Å². The molecule has 142 valence electrons. The summed E-state index contributed by atoms with van der Waals surface area (Å²) in [6.07, 6.45) is 2.74. The SMILES string of the molecule is COC(=O)C1COC(c2ncn3c2CSc2sc(Cc4ccccc4)cc2-3)=N1. The molecule has 0 spiro atoms. The number of benzene rings is 1. The molecule has 5 rings (SSSR count). The summed E-state index contributed by atoms with van der Waals surface area (Å²) in [5, 5.41) is 0. The maximum atomic E-state index is 11.7. The van der Waals surface area contributed by atoms with E-state index in [1.165, 1.54) is 21.8 Å². The smallest absolute Gasteiger partial charge is 0.334 e. The summed E-state index contributed by atoms with van der Waals surface area (Å²) in [4.78, 5) is 21.9. The first-order valence-corrected chi connectivity index (χ1v) is 10.7. The Bertz CT molecular complexity index is 1070. The maximum Gasteiger partial charge on any atom is 0.334 e. The van der Waals surface area contributed by atoms with Gasteiger partial charge in [0.05, 0.1) is 22.7 Å². The molecule has 2 aliphatic heterocycles. The van der Waals surface area contributed by atoms with E-state index in [0.717, 1.165) is 23.6 Å². The lowest BCUT2D eigenvalue weighted by atomic mass is 10.1. The van der Waals surface area contributed by atoms with Crippen LogP contribution in [0.25, 0.3) is 5.69 Å². The molecule has 8 heteroatoms. The lowest BCUT2D eigenvalue weighted by Gasteiger charge is -2.15. The Morgan fingerprint density at radius 1 is 1.36 bits per heavy atom. The highest BCUT2D eigenvalue weighted by Crippen LogP contribution is 2.42. The second kappa shape index (κ2) is 7.10. The molecule has 1 aromatic carbocycles. The van der Waals surface area contributed by atoms with Crippen molar-refractivity contribution in [1.82, 2.24) is 9.55 Å². The molecule has 2 aromatic heterocycles. The zero-order chi connectivity index (χ0) is 19.1. The molecule has 3 aromatic rings. The summed E-state index contributed by atoms with van der Waals surface area (Å²) in [7, 11) is 1.36. The molecule has 0 N–H and O–H groups in total. The van der Waals surface area contributed by atoms with Gasteiger partial charge in [-0.25, -0.2) is 14.8 Å². The first-order valence-electron chi connectivity index (χ1n) is 8.87. The number of thioether (sulfide) groups is 1. The second-order valence-corrected chi connectivity index (χ2v) is 8.91. The van der Waals surface area contributed by atoms with Crippen molar-refractivity contribution in [3.05, 3.63) is 64.6 Å². The third-order valence-corrected chi connectivity index (χ3v) is 7.16. The number of carbonyl (C=O) groups excluding carboxylic acids is 1. The number of imidazole rings is 1. The molecular formula is C20H17N3O3S2. The summed E-state index contributed by atoms with van der Waals surface area (Å²) < 4.78 is 13.8. The average Bonchev–Trinajstić information content (AvgIpc) is 3.44. The number of thiophene rings is 1. The molecule has 1 atom stereocenters. The number of rotatable bonds is 4. The number of fused-ring (bicyclic) bond motifs is 3. The van der Waals surface area contributed by atoms with Gasteiger partial charge in [0, 0.05) is 17.1 Å². The number of hydrogen-bond acceptors (Lipinski definition) is 7. The molecule has 0 radical (unpaired) electrons. The van der Waals surface area contributed by atoms with Gasteiger partial charge in [0.1, 0.15) is 18.6 Å². The van der Waals surface area contributed by atoms with Crippen molar-refractivity contribution >= 4 is 35.0 Å². The van der Waals surface area contributed by atoms with E-state index < -0.39 is 6.04 Å². The van der Waals surface area contributed by atoms with E-state index >= 15 is 0 Å². The molecule has 0 bridgehead atoms. The van der Waals surface area contributed by atoms with Gasteiger partial charge in [-0.2, -0.15) is 0 Å². The third-order valence-electron chi connectivity index (χ3n) is 4.74. The van der Waals surface area contributed by atoms with Gasteiger partial charge in [-0.15, -0.1) is 23.1 Å². The number of methoxy groups -OCH3 is 1. The molecule has 6 nitrogen and oxygen atoms in total. The lowest BCUT2D eigenvalue weighted by Crippen LogP contribution is -2.21. The Hall–Kier alpha value is -2.58. The fourth-order valence-corrected chi connectivity index (χ4v) is 5.85. The van der Waals surface area contributed by atoms with Gasteiger partial charge in [-0.05, 0) is 11.6 Å². The molecule has 0 fully saturated rings. The predicted octanol–water partition coefficient (Wildman–Crippen LogP) is 3.45. The minimum Gasteiger partial charge on any atom is -0.473 e. The third kappa shape index (κ3) is 3.02. The van der Waals surface area contributed by atoms with Crippen molar-refractivity contribution in [1.29, 1.82) is 0 Å². The molecule has 0 amide bonds. The molecule has 28 heavy (non-hydrogen) atoms. The number of nitrogens with zero attached hydrogens (tertiary/aromatic N) is 3. The fourth-order valence-electron chi connectivity index (χ4n) is 3.36. The molecular weight excluding hydrogens is 394 g/mol. The quantitative estimate of drug-likeness (QED) is 0.615. The van der Waals surface area contributed by atoms with Gasteiger partial charge in [-0.3, -0.25) is 4.57 Å². The zero-order valence-corrected chi connectivity index (χ0v) is 16.8. The Morgan fingerprint density at radius 2 is 2.21 bits per heavy atom. The van der Waals surface area contributed by atoms with Gasteiger partial charge in [0.25, 0.3) is 0 Å². The fraction of sp³-hybridized carbons (Fsp3) is 0.250. The van der Waals surface area contributed by atoms with Crippen LogP contribution in [0.5, 0.6) is 0 Å². The van der Waals surface area contributed by atoms with E-state index in [2.05, 4.69) is 44.9 Å². The van der Waals surface area contributed by atoms with Crippen LogP contribution in [0.15, 0.2) is 51.9 Å². The van der Waals surface area contributed by atoms with Crippen molar-refractivity contribution in [2.75, 3.05) is 13.7 Å². The van der Waals surface area contributed by atoms with Crippen LogP contribution in [-0.4, -0.2) is 41.2 Å². The van der Waals surface area contributed by atoms with Crippen LogP contribution < -0.4 is 0 Å². The maximum absolute atomic E-state index is 11.7. The number of ether oxygens (including phenoxy) is 2. The topological polar surface area (TPSA) is 65.7 Å². The van der Waals surface area contributed by atoms with Gasteiger partial charge >= 0.3 is 5.97 Å². The average molecular weight is 412 g/mol. The highest BCUT2D eigenvalue weighted by Gasteiger charge is 2.32. The Kier molecular flexibility index (Phi) is 4.44. The number of esters is 1. The summed E-state index contributed by atoms with van der Waals surface area (Å²) in [5.41, 5.74) is 4.22. The van der Waals surface area contributed by atoms with Crippen LogP contribution in [-0.2, 0) is 26.4 Å². The molecule has 0 saturated carbocycles. The second-order valence-electron chi connectivity index (χ2n) is 6.53. The Balaban J connectivity index is 1.45. The van der Waals surface area contributed by atoms with E-state index in [1.54, 1.807) is 0 Å². The number of aromatic nitrogens is 2. The van der Waals surface area contributed by atoms with Crippen LogP contribution >= 0.6 is 23.1 Å². The van der Waals surface area contributed by atoms with Gasteiger partial charge in [0.15, 0.2) is 6.04 Å². The summed E-state index contributed by atoms with van der Waals surface area (Å²) in [6.45, 7) is 0.201. The normalized spacial score (nSPS) is 17.5. The monoisotopic (exact) mass is 411 g/mol. The molecule has 0 aliphatic carbocycles. The van der Waals surface area contributed by atoms with Gasteiger partial charge < -0.3 is 9.47 Å². The lowest BCUT2D eigenvalue weighted by molar-refractivity contribution is -0.142. The van der Waals surface area contributed by atoms with Crippen LogP contribution in [0.1, 0.15) is 21.8 Å². The van der Waals surface area contributed by atoms with Crippen molar-refractivity contribution in [3.63, 3.8) is 0 Å². The standard InChI is InChI=1S/C20H17N3O3S2/c1-25-19(24)14-9-26-18(22-14)17-16-10-27-20-15(23(16)11-21-17)8-13(28-20)7-12-5-3-2-4-6-12/h2-6,8,11,14H,7,9-10H2,1H3. The van der Waals surface area contributed by atoms with Crippen LogP contribution in [0, 0.1) is 0 Å². The van der Waals surface area contributed by atoms with Crippen molar-refractivity contribution in [2.24, 2.45) is 4.99 Å². The van der Waals surface area contributed by atoms with E-state index in [-0.39, 0.29) is 12.6 Å². The van der Waals surface area contributed by atoms with Crippen molar-refractivity contribution < 1.29 is 14.3 Å². The number of aliphatic imine (C=N–C) groups is 1. The number of hydrogen-bond donors (Lipinski definition) is 0. The van der Waals surface area contributed by atoms with Crippen LogP contribution in [0.3, 0.4) is 0 Å². The largest absolute Gasteiger partial charge is 0.473 e. The van der Waals surface area contributed by atoms with Crippen molar-refractivity contribution in [3.8, 4) is 5.69 Å². The summed E-state index contributed by atoms with van der Waals surface area (Å²) >= 11 is 3.64. The zero-order valence-electron chi connectivity index (χ0n) is 15.1. The van der Waals surface area contributed by atoms with Gasteiger partial charge in [0.2, 0.25) is 5.90 Å². The predicted molar refractivity (Wildman–Crippen MR) is 109 cm³/mol. The highest BCUT2D eigenvalue weighted by atomic mass is 32.2. The van der Waals surface area contributed by atoms with Crippen LogP contribution in [0.2, 0.25) is 0 Å². The summed E-state index contributed by atoms with van der Waals surface area (Å²) in [5.74, 6) is 0.829. The minimum absolute atomic E-state index is 0.201. The van der Waals surface area contributed by atoms with E-state index in [0.29, 0.717) is 11.6 Å². The first kappa shape index (κ1) is 17.5. The molecule has 4 heterocycles. The summed E-state index contributed by atoms with van der Waals surface area (Å²) in [6, 6.07) is 12.1. The van der Waals surface area contributed by atoms with Crippen molar-refractivity contribution in [2.45, 2.75) is 22.4 Å². The highest BCUT2D eigenvalue weighted by molar-refractivity contribution is 8.00.